The van der Waals surface area contributed by atoms with E-state index in [1.807, 2.05) is 36.4 Å². The predicted octanol–water partition coefficient (Wildman–Crippen LogP) is 3.90. The predicted molar refractivity (Wildman–Crippen MR) is 109 cm³/mol. The topological polar surface area (TPSA) is 68.8 Å². The molecule has 1 saturated carbocycles. The normalized spacial score (nSPS) is 25.2. The third-order valence-electron chi connectivity index (χ3n) is 5.87. The van der Waals surface area contributed by atoms with E-state index in [2.05, 4.69) is 29.0 Å². The minimum absolute atomic E-state index is 0.0217. The second-order valence-corrected chi connectivity index (χ2v) is 7.81. The summed E-state index contributed by atoms with van der Waals surface area (Å²) in [5.41, 5.74) is 5.62. The SMILES string of the molecule is O=C(Nc1ccc2c(c1)OCCO2)C1CCC2(C=C(c3ccccc3)NO2)CC1. The molecule has 6 nitrogen and oxygen atoms in total. The summed E-state index contributed by atoms with van der Waals surface area (Å²) in [5, 5.41) is 3.03. The highest BCUT2D eigenvalue weighted by Crippen LogP contribution is 2.41. The molecule has 0 atom stereocenters. The Morgan fingerprint density at radius 2 is 1.76 bits per heavy atom. The van der Waals surface area contributed by atoms with E-state index in [1.165, 1.54) is 0 Å². The van der Waals surface area contributed by atoms with E-state index in [9.17, 15) is 4.79 Å². The van der Waals surface area contributed by atoms with E-state index in [0.717, 1.165) is 48.4 Å². The molecule has 1 spiro atoms. The van der Waals surface area contributed by atoms with Gasteiger partial charge in [-0.25, -0.2) is 0 Å². The van der Waals surface area contributed by atoms with E-state index < -0.39 is 0 Å². The fourth-order valence-electron chi connectivity index (χ4n) is 4.22. The number of benzene rings is 2. The van der Waals surface area contributed by atoms with Gasteiger partial charge in [-0.05, 0) is 49.5 Å². The highest BCUT2D eigenvalue weighted by Gasteiger charge is 2.41. The molecule has 2 aromatic carbocycles. The molecule has 3 aliphatic rings. The van der Waals surface area contributed by atoms with Gasteiger partial charge in [0, 0.05) is 17.7 Å². The molecule has 0 unspecified atom stereocenters. The van der Waals surface area contributed by atoms with E-state index in [0.29, 0.717) is 19.0 Å². The van der Waals surface area contributed by atoms with Crippen LogP contribution in [-0.4, -0.2) is 24.7 Å². The van der Waals surface area contributed by atoms with Crippen molar-refractivity contribution < 1.29 is 19.1 Å². The van der Waals surface area contributed by atoms with Crippen LogP contribution in [0, 0.1) is 5.92 Å². The zero-order chi connectivity index (χ0) is 19.7. The summed E-state index contributed by atoms with van der Waals surface area (Å²) >= 11 is 0. The van der Waals surface area contributed by atoms with Gasteiger partial charge in [0.1, 0.15) is 18.8 Å². The van der Waals surface area contributed by atoms with E-state index >= 15 is 0 Å². The lowest BCUT2D eigenvalue weighted by Crippen LogP contribution is -2.37. The van der Waals surface area contributed by atoms with Crippen molar-refractivity contribution >= 4 is 17.3 Å². The van der Waals surface area contributed by atoms with Crippen LogP contribution in [0.3, 0.4) is 0 Å². The zero-order valence-electron chi connectivity index (χ0n) is 16.1. The fraction of sp³-hybridized carbons (Fsp3) is 0.348. The molecule has 0 radical (unpaired) electrons. The van der Waals surface area contributed by atoms with Crippen molar-refractivity contribution in [2.45, 2.75) is 31.3 Å². The van der Waals surface area contributed by atoms with Crippen molar-refractivity contribution in [1.82, 2.24) is 5.48 Å². The molecule has 0 bridgehead atoms. The summed E-state index contributed by atoms with van der Waals surface area (Å²) in [7, 11) is 0. The minimum Gasteiger partial charge on any atom is -0.486 e. The maximum atomic E-state index is 12.8. The smallest absolute Gasteiger partial charge is 0.227 e. The molecule has 2 N–H and O–H groups in total. The number of carbonyl (C=O) groups excluding carboxylic acids is 1. The Morgan fingerprint density at radius 3 is 2.55 bits per heavy atom. The lowest BCUT2D eigenvalue weighted by Gasteiger charge is -2.33. The molecule has 6 heteroatoms. The number of fused-ring (bicyclic) bond motifs is 1. The number of nitrogens with one attached hydrogen (secondary N) is 2. The molecule has 0 aromatic heterocycles. The van der Waals surface area contributed by atoms with Gasteiger partial charge in [-0.2, -0.15) is 0 Å². The molecule has 1 fully saturated rings. The van der Waals surface area contributed by atoms with Gasteiger partial charge in [-0.1, -0.05) is 30.3 Å². The van der Waals surface area contributed by atoms with Crippen molar-refractivity contribution in [2.24, 2.45) is 5.92 Å². The molecule has 1 aliphatic carbocycles. The average Bonchev–Trinajstić information content (AvgIpc) is 3.18. The van der Waals surface area contributed by atoms with Crippen LogP contribution in [0.2, 0.25) is 0 Å². The molecule has 2 aliphatic heterocycles. The Balaban J connectivity index is 1.21. The molecular weight excluding hydrogens is 368 g/mol. The Morgan fingerprint density at radius 1 is 1.00 bits per heavy atom. The Kier molecular flexibility index (Phi) is 4.64. The average molecular weight is 392 g/mol. The molecule has 150 valence electrons. The standard InChI is InChI=1S/C23H24N2O4/c26-22(24-18-6-7-20-21(14-18)28-13-12-27-20)17-8-10-23(11-9-17)15-19(25-29-23)16-4-2-1-3-5-16/h1-7,14-15,17,25H,8-13H2,(H,24,26). The molecule has 5 rings (SSSR count). The molecule has 29 heavy (non-hydrogen) atoms. The first-order valence-corrected chi connectivity index (χ1v) is 10.1. The number of rotatable bonds is 3. The summed E-state index contributed by atoms with van der Waals surface area (Å²) < 4.78 is 11.1. The van der Waals surface area contributed by atoms with E-state index in [1.54, 1.807) is 0 Å². The maximum absolute atomic E-state index is 12.8. The summed E-state index contributed by atoms with van der Waals surface area (Å²) in [5.74, 6) is 1.43. The van der Waals surface area contributed by atoms with Crippen LogP contribution in [0.5, 0.6) is 11.5 Å². The molecular formula is C23H24N2O4. The quantitative estimate of drug-likeness (QED) is 0.829. The summed E-state index contributed by atoms with van der Waals surface area (Å²) in [6.45, 7) is 1.08. The summed E-state index contributed by atoms with van der Waals surface area (Å²) in [6, 6.07) is 15.7. The lowest BCUT2D eigenvalue weighted by molar-refractivity contribution is -0.123. The summed E-state index contributed by atoms with van der Waals surface area (Å²) in [4.78, 5) is 18.7. The second-order valence-electron chi connectivity index (χ2n) is 7.81. The van der Waals surface area contributed by atoms with Crippen LogP contribution in [0.25, 0.3) is 5.70 Å². The van der Waals surface area contributed by atoms with Crippen LogP contribution in [0.4, 0.5) is 5.69 Å². The van der Waals surface area contributed by atoms with Gasteiger partial charge in [0.15, 0.2) is 11.5 Å². The van der Waals surface area contributed by atoms with Crippen LogP contribution in [0.15, 0.2) is 54.6 Å². The first-order valence-electron chi connectivity index (χ1n) is 10.1. The van der Waals surface area contributed by atoms with Gasteiger partial charge in [0.25, 0.3) is 0 Å². The Labute approximate surface area is 169 Å². The lowest BCUT2D eigenvalue weighted by atomic mass is 9.78. The number of ether oxygens (including phenoxy) is 2. The second kappa shape index (κ2) is 7.44. The number of anilines is 1. The van der Waals surface area contributed by atoms with Gasteiger partial charge < -0.3 is 14.8 Å². The maximum Gasteiger partial charge on any atom is 0.227 e. The number of hydrogen-bond donors (Lipinski definition) is 2. The summed E-state index contributed by atoms with van der Waals surface area (Å²) in [6.07, 6.45) is 5.38. The number of hydroxylamine groups is 1. The molecule has 1 amide bonds. The van der Waals surface area contributed by atoms with Crippen molar-refractivity contribution in [3.8, 4) is 11.5 Å². The Hall–Kier alpha value is -2.99. The van der Waals surface area contributed by atoms with E-state index in [-0.39, 0.29) is 17.4 Å². The molecule has 2 heterocycles. The number of carbonyl (C=O) groups is 1. The van der Waals surface area contributed by atoms with Crippen molar-refractivity contribution in [1.29, 1.82) is 0 Å². The van der Waals surface area contributed by atoms with Gasteiger partial charge in [-0.15, -0.1) is 0 Å². The van der Waals surface area contributed by atoms with Crippen LogP contribution in [0.1, 0.15) is 31.2 Å². The largest absolute Gasteiger partial charge is 0.486 e. The van der Waals surface area contributed by atoms with Crippen molar-refractivity contribution in [3.05, 3.63) is 60.2 Å². The highest BCUT2D eigenvalue weighted by molar-refractivity contribution is 5.93. The van der Waals surface area contributed by atoms with Gasteiger partial charge in [-0.3, -0.25) is 15.1 Å². The van der Waals surface area contributed by atoms with Crippen molar-refractivity contribution in [2.75, 3.05) is 18.5 Å². The number of amides is 1. The molecule has 2 aromatic rings. The van der Waals surface area contributed by atoms with Gasteiger partial charge in [0.2, 0.25) is 5.91 Å². The van der Waals surface area contributed by atoms with Gasteiger partial charge in [0.05, 0.1) is 5.70 Å². The third-order valence-corrected chi connectivity index (χ3v) is 5.87. The minimum atomic E-state index is -0.320. The monoisotopic (exact) mass is 392 g/mol. The van der Waals surface area contributed by atoms with Crippen LogP contribution >= 0.6 is 0 Å². The van der Waals surface area contributed by atoms with E-state index in [4.69, 9.17) is 14.3 Å². The molecule has 0 saturated heterocycles. The first-order chi connectivity index (χ1) is 14.2. The van der Waals surface area contributed by atoms with Crippen molar-refractivity contribution in [3.63, 3.8) is 0 Å². The Bertz CT molecular complexity index is 933. The fourth-order valence-corrected chi connectivity index (χ4v) is 4.22. The highest BCUT2D eigenvalue weighted by atomic mass is 16.7. The zero-order valence-corrected chi connectivity index (χ0v) is 16.1. The van der Waals surface area contributed by atoms with Crippen LogP contribution in [-0.2, 0) is 9.63 Å². The third kappa shape index (κ3) is 3.68. The van der Waals surface area contributed by atoms with Crippen LogP contribution < -0.4 is 20.3 Å². The first kappa shape index (κ1) is 18.1. The number of hydrogen-bond acceptors (Lipinski definition) is 5. The van der Waals surface area contributed by atoms with Gasteiger partial charge >= 0.3 is 0 Å².